The molecular formula is C16H15BrO3. The first-order valence-electron chi connectivity index (χ1n) is 6.15. The Hall–Kier alpha value is -1.81. The number of para-hydroxylation sites is 1. The van der Waals surface area contributed by atoms with Crippen LogP contribution < -0.4 is 9.47 Å². The van der Waals surface area contributed by atoms with Crippen molar-refractivity contribution in [1.82, 2.24) is 0 Å². The van der Waals surface area contributed by atoms with Crippen LogP contribution in [-0.4, -0.2) is 13.4 Å². The summed E-state index contributed by atoms with van der Waals surface area (Å²) in [5, 5.41) is 0. The molecule has 0 spiro atoms. The van der Waals surface area contributed by atoms with Crippen molar-refractivity contribution in [2.75, 3.05) is 7.11 Å². The zero-order chi connectivity index (χ0) is 14.5. The minimum atomic E-state index is 0.342. The fourth-order valence-electron chi connectivity index (χ4n) is 1.94. The second-order valence-electron chi connectivity index (χ2n) is 4.38. The smallest absolute Gasteiger partial charge is 0.153 e. The van der Waals surface area contributed by atoms with Crippen molar-refractivity contribution in [3.05, 3.63) is 57.6 Å². The maximum atomic E-state index is 11.0. The van der Waals surface area contributed by atoms with E-state index in [1.165, 1.54) is 0 Å². The summed E-state index contributed by atoms with van der Waals surface area (Å²) in [5.41, 5.74) is 2.60. The lowest BCUT2D eigenvalue weighted by atomic mass is 10.1. The second-order valence-corrected chi connectivity index (χ2v) is 5.23. The largest absolute Gasteiger partial charge is 0.496 e. The molecule has 0 saturated heterocycles. The molecule has 0 heterocycles. The van der Waals surface area contributed by atoms with Gasteiger partial charge in [-0.15, -0.1) is 0 Å². The summed E-state index contributed by atoms with van der Waals surface area (Å²) in [6.45, 7) is 2.35. The zero-order valence-corrected chi connectivity index (χ0v) is 12.9. The Morgan fingerprint density at radius 1 is 1.25 bits per heavy atom. The topological polar surface area (TPSA) is 35.5 Å². The fraction of sp³-hybridized carbons (Fsp3) is 0.188. The summed E-state index contributed by atoms with van der Waals surface area (Å²) in [5.74, 6) is 1.32. The normalized spacial score (nSPS) is 10.2. The summed E-state index contributed by atoms with van der Waals surface area (Å²) >= 11 is 3.40. The van der Waals surface area contributed by atoms with E-state index in [1.54, 1.807) is 19.2 Å². The minimum Gasteiger partial charge on any atom is -0.496 e. The Morgan fingerprint density at radius 2 is 2.05 bits per heavy atom. The Balaban J connectivity index is 2.25. The van der Waals surface area contributed by atoms with Crippen LogP contribution in [0.3, 0.4) is 0 Å². The van der Waals surface area contributed by atoms with Gasteiger partial charge in [-0.3, -0.25) is 4.79 Å². The van der Waals surface area contributed by atoms with E-state index in [0.29, 0.717) is 17.9 Å². The van der Waals surface area contributed by atoms with E-state index in [4.69, 9.17) is 9.47 Å². The predicted octanol–water partition coefficient (Wildman–Crippen LogP) is 4.16. The molecule has 3 nitrogen and oxygen atoms in total. The molecule has 0 aliphatic carbocycles. The van der Waals surface area contributed by atoms with Crippen molar-refractivity contribution >= 4 is 22.2 Å². The van der Waals surface area contributed by atoms with Crippen LogP contribution in [0.15, 0.2) is 40.9 Å². The highest BCUT2D eigenvalue weighted by atomic mass is 79.9. The SMILES string of the molecule is COc1ccc(C)cc1COc1c(Br)cccc1C=O. The first-order valence-corrected chi connectivity index (χ1v) is 6.95. The van der Waals surface area contributed by atoms with Crippen LogP contribution in [0.1, 0.15) is 21.5 Å². The molecule has 104 valence electrons. The quantitative estimate of drug-likeness (QED) is 0.770. The van der Waals surface area contributed by atoms with Crippen molar-refractivity contribution in [1.29, 1.82) is 0 Å². The highest BCUT2D eigenvalue weighted by Gasteiger charge is 2.10. The third-order valence-electron chi connectivity index (χ3n) is 2.93. The number of hydrogen-bond acceptors (Lipinski definition) is 3. The average molecular weight is 335 g/mol. The van der Waals surface area contributed by atoms with Crippen LogP contribution in [0.5, 0.6) is 11.5 Å². The lowest BCUT2D eigenvalue weighted by Gasteiger charge is -2.13. The maximum absolute atomic E-state index is 11.0. The molecule has 0 unspecified atom stereocenters. The number of hydrogen-bond donors (Lipinski definition) is 0. The molecule has 0 aliphatic heterocycles. The number of aldehydes is 1. The molecule has 0 bridgehead atoms. The summed E-state index contributed by atoms with van der Waals surface area (Å²) in [7, 11) is 1.63. The standard InChI is InChI=1S/C16H15BrO3/c1-11-6-7-15(19-2)13(8-11)10-20-16-12(9-18)4-3-5-14(16)17/h3-9H,10H2,1-2H3. The van der Waals surface area contributed by atoms with Crippen LogP contribution in [-0.2, 0) is 6.61 Å². The minimum absolute atomic E-state index is 0.342. The van der Waals surface area contributed by atoms with Gasteiger partial charge in [0.2, 0.25) is 0 Å². The first kappa shape index (κ1) is 14.6. The summed E-state index contributed by atoms with van der Waals surface area (Å²) in [6.07, 6.45) is 0.785. The van der Waals surface area contributed by atoms with E-state index in [2.05, 4.69) is 15.9 Å². The van der Waals surface area contributed by atoms with Crippen molar-refractivity contribution in [2.45, 2.75) is 13.5 Å². The van der Waals surface area contributed by atoms with Crippen molar-refractivity contribution < 1.29 is 14.3 Å². The number of carbonyl (C=O) groups excluding carboxylic acids is 1. The summed E-state index contributed by atoms with van der Waals surface area (Å²) in [6, 6.07) is 11.3. The molecule has 2 aromatic rings. The van der Waals surface area contributed by atoms with Gasteiger partial charge in [-0.25, -0.2) is 0 Å². The number of carbonyl (C=O) groups is 1. The van der Waals surface area contributed by atoms with Gasteiger partial charge >= 0.3 is 0 Å². The van der Waals surface area contributed by atoms with Gasteiger partial charge in [0.05, 0.1) is 17.1 Å². The van der Waals surface area contributed by atoms with Crippen LogP contribution in [0, 0.1) is 6.92 Å². The van der Waals surface area contributed by atoms with Crippen LogP contribution in [0.4, 0.5) is 0 Å². The van der Waals surface area contributed by atoms with Crippen LogP contribution >= 0.6 is 15.9 Å². The van der Waals surface area contributed by atoms with Gasteiger partial charge in [-0.1, -0.05) is 17.7 Å². The molecule has 0 aliphatic rings. The Morgan fingerprint density at radius 3 is 2.75 bits per heavy atom. The van der Waals surface area contributed by atoms with E-state index in [1.807, 2.05) is 31.2 Å². The zero-order valence-electron chi connectivity index (χ0n) is 11.4. The predicted molar refractivity (Wildman–Crippen MR) is 81.6 cm³/mol. The van der Waals surface area contributed by atoms with Crippen LogP contribution in [0.25, 0.3) is 0 Å². The number of ether oxygens (including phenoxy) is 2. The molecule has 0 saturated carbocycles. The van der Waals surface area contributed by atoms with E-state index >= 15 is 0 Å². The van der Waals surface area contributed by atoms with E-state index in [-0.39, 0.29) is 0 Å². The van der Waals surface area contributed by atoms with E-state index in [0.717, 1.165) is 27.6 Å². The summed E-state index contributed by atoms with van der Waals surface area (Å²) in [4.78, 5) is 11.0. The second kappa shape index (κ2) is 6.57. The third-order valence-corrected chi connectivity index (χ3v) is 3.56. The van der Waals surface area contributed by atoms with Crippen LogP contribution in [0.2, 0.25) is 0 Å². The lowest BCUT2D eigenvalue weighted by Crippen LogP contribution is -2.01. The molecule has 0 fully saturated rings. The summed E-state index contributed by atoms with van der Waals surface area (Å²) < 4.78 is 11.9. The fourth-order valence-corrected chi connectivity index (χ4v) is 2.44. The number of benzene rings is 2. The molecule has 20 heavy (non-hydrogen) atoms. The molecular weight excluding hydrogens is 320 g/mol. The van der Waals surface area contributed by atoms with Gasteiger partial charge in [0, 0.05) is 5.56 Å². The Bertz CT molecular complexity index is 623. The highest BCUT2D eigenvalue weighted by molar-refractivity contribution is 9.10. The average Bonchev–Trinajstić information content (AvgIpc) is 2.46. The van der Waals surface area contributed by atoms with E-state index in [9.17, 15) is 4.79 Å². The molecule has 2 aromatic carbocycles. The van der Waals surface area contributed by atoms with E-state index < -0.39 is 0 Å². The Labute approximate surface area is 126 Å². The third kappa shape index (κ3) is 3.20. The first-order chi connectivity index (χ1) is 9.65. The molecule has 0 N–H and O–H groups in total. The molecule has 0 radical (unpaired) electrons. The number of aryl methyl sites for hydroxylation is 1. The molecule has 0 atom stereocenters. The molecule has 0 amide bonds. The monoisotopic (exact) mass is 334 g/mol. The number of rotatable bonds is 5. The van der Waals surface area contributed by atoms with Gasteiger partial charge in [-0.2, -0.15) is 0 Å². The van der Waals surface area contributed by atoms with Gasteiger partial charge in [0.1, 0.15) is 18.1 Å². The van der Waals surface area contributed by atoms with Gasteiger partial charge < -0.3 is 9.47 Å². The molecule has 0 aromatic heterocycles. The van der Waals surface area contributed by atoms with Gasteiger partial charge in [0.15, 0.2) is 6.29 Å². The molecule has 2 rings (SSSR count). The maximum Gasteiger partial charge on any atom is 0.153 e. The van der Waals surface area contributed by atoms with Gasteiger partial charge in [0.25, 0.3) is 0 Å². The van der Waals surface area contributed by atoms with Crippen molar-refractivity contribution in [2.24, 2.45) is 0 Å². The van der Waals surface area contributed by atoms with Crippen molar-refractivity contribution in [3.63, 3.8) is 0 Å². The number of methoxy groups -OCH3 is 1. The van der Waals surface area contributed by atoms with Crippen molar-refractivity contribution in [3.8, 4) is 11.5 Å². The molecule has 4 heteroatoms. The lowest BCUT2D eigenvalue weighted by molar-refractivity contribution is 0.111. The van der Waals surface area contributed by atoms with Gasteiger partial charge in [-0.05, 0) is 47.1 Å². The number of halogens is 1. The highest BCUT2D eigenvalue weighted by Crippen LogP contribution is 2.30. The Kier molecular flexibility index (Phi) is 4.79.